The summed E-state index contributed by atoms with van der Waals surface area (Å²) in [6.45, 7) is 4.35. The molecule has 2 rings (SSSR count). The zero-order chi connectivity index (χ0) is 13.0. The van der Waals surface area contributed by atoms with Crippen molar-refractivity contribution in [3.63, 3.8) is 0 Å². The van der Waals surface area contributed by atoms with Gasteiger partial charge in [-0.1, -0.05) is 38.1 Å². The fraction of sp³-hybridized carbons (Fsp3) is 0.188. The van der Waals surface area contributed by atoms with Crippen LogP contribution in [0, 0.1) is 11.3 Å². The van der Waals surface area contributed by atoms with Gasteiger partial charge in [-0.05, 0) is 35.7 Å². The van der Waals surface area contributed by atoms with Crippen molar-refractivity contribution in [3.8, 4) is 6.07 Å². The Morgan fingerprint density at radius 1 is 1.00 bits per heavy atom. The van der Waals surface area contributed by atoms with E-state index in [-0.39, 0.29) is 0 Å². The third kappa shape index (κ3) is 2.70. The van der Waals surface area contributed by atoms with Crippen LogP contribution < -0.4 is 5.32 Å². The molecule has 0 saturated heterocycles. The van der Waals surface area contributed by atoms with Crippen LogP contribution in [0.3, 0.4) is 0 Å². The molecule has 0 aliphatic carbocycles. The minimum atomic E-state index is 0.533. The Hall–Kier alpha value is -2.27. The van der Waals surface area contributed by atoms with E-state index in [1.165, 1.54) is 5.56 Å². The molecule has 0 aliphatic heterocycles. The summed E-state index contributed by atoms with van der Waals surface area (Å²) in [4.78, 5) is 0. The molecule has 2 heteroatoms. The summed E-state index contributed by atoms with van der Waals surface area (Å²) in [6.07, 6.45) is 0. The van der Waals surface area contributed by atoms with Crippen molar-refractivity contribution in [2.45, 2.75) is 19.8 Å². The summed E-state index contributed by atoms with van der Waals surface area (Å²) >= 11 is 0. The lowest BCUT2D eigenvalue weighted by Crippen LogP contribution is -1.94. The maximum absolute atomic E-state index is 9.02. The van der Waals surface area contributed by atoms with Crippen LogP contribution in [0.5, 0.6) is 0 Å². The molecule has 2 aromatic rings. The number of nitriles is 1. The molecule has 0 saturated carbocycles. The smallest absolute Gasteiger partial charge is 0.101 e. The zero-order valence-electron chi connectivity index (χ0n) is 10.6. The highest BCUT2D eigenvalue weighted by Crippen LogP contribution is 2.22. The van der Waals surface area contributed by atoms with E-state index in [0.29, 0.717) is 11.5 Å². The van der Waals surface area contributed by atoms with Crippen LogP contribution in [0.4, 0.5) is 11.4 Å². The second kappa shape index (κ2) is 5.37. The molecule has 0 atom stereocenters. The van der Waals surface area contributed by atoms with Gasteiger partial charge in [-0.3, -0.25) is 0 Å². The van der Waals surface area contributed by atoms with Gasteiger partial charge in [0.15, 0.2) is 0 Å². The Kier molecular flexibility index (Phi) is 3.64. The fourth-order valence-corrected chi connectivity index (χ4v) is 1.80. The van der Waals surface area contributed by atoms with Gasteiger partial charge in [-0.2, -0.15) is 5.26 Å². The maximum atomic E-state index is 9.02. The van der Waals surface area contributed by atoms with E-state index < -0.39 is 0 Å². The highest BCUT2D eigenvalue weighted by atomic mass is 14.9. The summed E-state index contributed by atoms with van der Waals surface area (Å²) in [6, 6.07) is 18.0. The molecule has 90 valence electrons. The van der Waals surface area contributed by atoms with Gasteiger partial charge >= 0.3 is 0 Å². The fourth-order valence-electron chi connectivity index (χ4n) is 1.80. The van der Waals surface area contributed by atoms with Crippen LogP contribution in [-0.2, 0) is 0 Å². The lowest BCUT2D eigenvalue weighted by Gasteiger charge is -2.10. The molecule has 0 aliphatic rings. The highest BCUT2D eigenvalue weighted by molar-refractivity contribution is 5.66. The van der Waals surface area contributed by atoms with Gasteiger partial charge in [-0.25, -0.2) is 0 Å². The minimum absolute atomic E-state index is 0.533. The number of anilines is 2. The van der Waals surface area contributed by atoms with Crippen LogP contribution in [0.2, 0.25) is 0 Å². The average molecular weight is 236 g/mol. The molecule has 0 bridgehead atoms. The van der Waals surface area contributed by atoms with Gasteiger partial charge in [-0.15, -0.1) is 0 Å². The largest absolute Gasteiger partial charge is 0.354 e. The number of hydrogen-bond acceptors (Lipinski definition) is 2. The van der Waals surface area contributed by atoms with Gasteiger partial charge in [0, 0.05) is 5.69 Å². The van der Waals surface area contributed by atoms with Crippen molar-refractivity contribution in [1.29, 1.82) is 5.26 Å². The van der Waals surface area contributed by atoms with Crippen molar-refractivity contribution in [2.75, 3.05) is 5.32 Å². The minimum Gasteiger partial charge on any atom is -0.354 e. The van der Waals surface area contributed by atoms with E-state index in [2.05, 4.69) is 37.4 Å². The molecule has 0 radical (unpaired) electrons. The molecule has 0 heterocycles. The number of benzene rings is 2. The van der Waals surface area contributed by atoms with E-state index in [1.807, 2.05) is 36.4 Å². The van der Waals surface area contributed by atoms with Crippen molar-refractivity contribution in [3.05, 3.63) is 59.7 Å². The monoisotopic (exact) mass is 236 g/mol. The van der Waals surface area contributed by atoms with Crippen LogP contribution in [0.1, 0.15) is 30.9 Å². The lowest BCUT2D eigenvalue weighted by molar-refractivity contribution is 0.867. The summed E-state index contributed by atoms with van der Waals surface area (Å²) in [5.74, 6) is 0.533. The zero-order valence-corrected chi connectivity index (χ0v) is 10.6. The van der Waals surface area contributed by atoms with Gasteiger partial charge in [0.1, 0.15) is 6.07 Å². The van der Waals surface area contributed by atoms with Crippen LogP contribution in [0.25, 0.3) is 0 Å². The summed E-state index contributed by atoms with van der Waals surface area (Å²) < 4.78 is 0. The number of nitrogens with zero attached hydrogens (tertiary/aromatic N) is 1. The molecule has 1 N–H and O–H groups in total. The third-order valence-corrected chi connectivity index (χ3v) is 2.90. The first kappa shape index (κ1) is 12.2. The van der Waals surface area contributed by atoms with Crippen LogP contribution in [-0.4, -0.2) is 0 Å². The van der Waals surface area contributed by atoms with Crippen LogP contribution in [0.15, 0.2) is 48.5 Å². The molecule has 0 amide bonds. The summed E-state index contributed by atoms with van der Waals surface area (Å²) in [5.41, 5.74) is 3.82. The Morgan fingerprint density at radius 2 is 1.67 bits per heavy atom. The van der Waals surface area contributed by atoms with E-state index in [1.54, 1.807) is 0 Å². The van der Waals surface area contributed by atoms with E-state index in [0.717, 1.165) is 11.4 Å². The molecule has 18 heavy (non-hydrogen) atoms. The summed E-state index contributed by atoms with van der Waals surface area (Å²) in [5, 5.41) is 12.3. The maximum Gasteiger partial charge on any atom is 0.101 e. The Morgan fingerprint density at radius 3 is 2.28 bits per heavy atom. The van der Waals surface area contributed by atoms with Crippen molar-refractivity contribution in [2.24, 2.45) is 0 Å². The molecule has 2 aromatic carbocycles. The third-order valence-electron chi connectivity index (χ3n) is 2.90. The first-order valence-electron chi connectivity index (χ1n) is 6.07. The van der Waals surface area contributed by atoms with Gasteiger partial charge in [0.25, 0.3) is 0 Å². The van der Waals surface area contributed by atoms with Gasteiger partial charge < -0.3 is 5.32 Å². The standard InChI is InChI=1S/C16H16N2/c1-12(2)13-7-9-15(10-8-13)18-16-6-4-3-5-14(16)11-17/h3-10,12,18H,1-2H3. The second-order valence-electron chi connectivity index (χ2n) is 4.56. The quantitative estimate of drug-likeness (QED) is 0.856. The number of nitrogens with one attached hydrogen (secondary N) is 1. The summed E-state index contributed by atoms with van der Waals surface area (Å²) in [7, 11) is 0. The predicted octanol–water partition coefficient (Wildman–Crippen LogP) is 4.43. The number of hydrogen-bond donors (Lipinski definition) is 1. The molecule has 0 unspecified atom stereocenters. The molecule has 0 fully saturated rings. The first-order valence-corrected chi connectivity index (χ1v) is 6.07. The SMILES string of the molecule is CC(C)c1ccc(Nc2ccccc2C#N)cc1. The van der Waals surface area contributed by atoms with Crippen molar-refractivity contribution >= 4 is 11.4 Å². The molecule has 0 spiro atoms. The van der Waals surface area contributed by atoms with E-state index in [9.17, 15) is 0 Å². The first-order chi connectivity index (χ1) is 8.70. The lowest BCUT2D eigenvalue weighted by atomic mass is 10.0. The van der Waals surface area contributed by atoms with E-state index >= 15 is 0 Å². The molecular formula is C16H16N2. The number of rotatable bonds is 3. The Balaban J connectivity index is 2.22. The second-order valence-corrected chi connectivity index (χ2v) is 4.56. The molecular weight excluding hydrogens is 220 g/mol. The topological polar surface area (TPSA) is 35.8 Å². The average Bonchev–Trinajstić information content (AvgIpc) is 2.40. The predicted molar refractivity (Wildman–Crippen MR) is 75.0 cm³/mol. The van der Waals surface area contributed by atoms with Gasteiger partial charge in [0.05, 0.1) is 11.3 Å². The van der Waals surface area contributed by atoms with Crippen LogP contribution >= 0.6 is 0 Å². The number of para-hydroxylation sites is 1. The van der Waals surface area contributed by atoms with Crippen molar-refractivity contribution in [1.82, 2.24) is 0 Å². The normalized spacial score (nSPS) is 10.1. The van der Waals surface area contributed by atoms with E-state index in [4.69, 9.17) is 5.26 Å². The van der Waals surface area contributed by atoms with Crippen molar-refractivity contribution < 1.29 is 0 Å². The Labute approximate surface area is 108 Å². The van der Waals surface area contributed by atoms with Gasteiger partial charge in [0.2, 0.25) is 0 Å². The molecule has 0 aromatic heterocycles. The highest BCUT2D eigenvalue weighted by Gasteiger charge is 2.02. The molecule has 2 nitrogen and oxygen atoms in total. The Bertz CT molecular complexity index is 562.